The Morgan fingerprint density at radius 1 is 0.688 bits per heavy atom. The van der Waals surface area contributed by atoms with Crippen molar-refractivity contribution in [3.63, 3.8) is 0 Å². The first-order valence-electron chi connectivity index (χ1n) is 10.3. The molecule has 2 saturated heterocycles. The van der Waals surface area contributed by atoms with Gasteiger partial charge in [-0.2, -0.15) is 16.8 Å². The van der Waals surface area contributed by atoms with Crippen LogP contribution >= 0.6 is 0 Å². The van der Waals surface area contributed by atoms with E-state index < -0.39 is 20.2 Å². The van der Waals surface area contributed by atoms with Crippen LogP contribution < -0.4 is 0 Å². The molecule has 176 valence electrons. The van der Waals surface area contributed by atoms with E-state index in [4.69, 9.17) is 17.8 Å². The van der Waals surface area contributed by atoms with Gasteiger partial charge in [-0.15, -0.1) is 0 Å². The lowest BCUT2D eigenvalue weighted by molar-refractivity contribution is -0.0711. The van der Waals surface area contributed by atoms with Gasteiger partial charge in [-0.3, -0.25) is 8.37 Å². The number of benzene rings is 2. The molecule has 2 aromatic carbocycles. The molecule has 0 bridgehead atoms. The van der Waals surface area contributed by atoms with Crippen molar-refractivity contribution in [2.75, 3.05) is 26.4 Å². The summed E-state index contributed by atoms with van der Waals surface area (Å²) in [4.78, 5) is 0.384. The Hall–Kier alpha value is -1.82. The third-order valence-electron chi connectivity index (χ3n) is 5.02. The largest absolute Gasteiger partial charge is 0.376 e. The molecule has 8 nitrogen and oxygen atoms in total. The maximum atomic E-state index is 11.7. The molecule has 0 saturated carbocycles. The first-order chi connectivity index (χ1) is 15.2. The monoisotopic (exact) mass is 484 g/mol. The van der Waals surface area contributed by atoms with Crippen molar-refractivity contribution in [1.82, 2.24) is 0 Å². The molecule has 0 aromatic heterocycles. The normalized spacial score (nSPS) is 20.4. The fraction of sp³-hybridized carbons (Fsp3) is 0.455. The van der Waals surface area contributed by atoms with Gasteiger partial charge in [0.1, 0.15) is 0 Å². The van der Waals surface area contributed by atoms with E-state index in [0.717, 1.165) is 24.0 Å². The summed E-state index contributed by atoms with van der Waals surface area (Å²) in [6, 6.07) is 13.2. The third-order valence-corrected chi connectivity index (χ3v) is 7.62. The topological polar surface area (TPSA) is 105 Å². The maximum Gasteiger partial charge on any atom is 0.297 e. The first-order valence-corrected chi connectivity index (χ1v) is 13.1. The zero-order valence-corrected chi connectivity index (χ0v) is 19.7. The predicted molar refractivity (Wildman–Crippen MR) is 117 cm³/mol. The van der Waals surface area contributed by atoms with Gasteiger partial charge in [-0.1, -0.05) is 35.4 Å². The maximum absolute atomic E-state index is 11.7. The number of ether oxygens (including phenoxy) is 2. The van der Waals surface area contributed by atoms with Gasteiger partial charge in [-0.05, 0) is 51.0 Å². The molecule has 0 spiro atoms. The molecular weight excluding hydrogens is 456 g/mol. The zero-order valence-electron chi connectivity index (χ0n) is 18.1. The van der Waals surface area contributed by atoms with Gasteiger partial charge in [0.15, 0.2) is 0 Å². The van der Waals surface area contributed by atoms with Crippen LogP contribution in [0.4, 0.5) is 0 Å². The molecule has 2 heterocycles. The van der Waals surface area contributed by atoms with Crippen molar-refractivity contribution in [2.45, 2.75) is 48.7 Å². The van der Waals surface area contributed by atoms with Crippen molar-refractivity contribution in [2.24, 2.45) is 0 Å². The second-order valence-electron chi connectivity index (χ2n) is 7.67. The highest BCUT2D eigenvalue weighted by Crippen LogP contribution is 2.18. The summed E-state index contributed by atoms with van der Waals surface area (Å²) in [5, 5.41) is 0. The van der Waals surface area contributed by atoms with E-state index in [1.165, 1.54) is 0 Å². The lowest BCUT2D eigenvalue weighted by Crippen LogP contribution is -2.32. The van der Waals surface area contributed by atoms with Crippen molar-refractivity contribution < 1.29 is 34.7 Å². The number of rotatable bonds is 8. The van der Waals surface area contributed by atoms with E-state index in [1.54, 1.807) is 48.5 Å². The lowest BCUT2D eigenvalue weighted by atomic mass is 10.2. The van der Waals surface area contributed by atoms with Crippen LogP contribution in [0, 0.1) is 13.8 Å². The molecule has 2 aliphatic rings. The van der Waals surface area contributed by atoms with Crippen molar-refractivity contribution in [1.29, 1.82) is 0 Å². The second kappa shape index (κ2) is 10.9. The van der Waals surface area contributed by atoms with Gasteiger partial charge >= 0.3 is 0 Å². The van der Waals surface area contributed by atoms with E-state index in [-0.39, 0.29) is 35.2 Å². The number of hydrogen-bond acceptors (Lipinski definition) is 8. The van der Waals surface area contributed by atoms with Gasteiger partial charge in [0, 0.05) is 13.2 Å². The molecule has 10 heteroatoms. The number of hydrogen-bond donors (Lipinski definition) is 0. The molecule has 32 heavy (non-hydrogen) atoms. The molecule has 0 unspecified atom stereocenters. The summed E-state index contributed by atoms with van der Waals surface area (Å²) in [5.74, 6) is 0. The Morgan fingerprint density at radius 3 is 1.25 bits per heavy atom. The van der Waals surface area contributed by atoms with Crippen LogP contribution in [0.3, 0.4) is 0 Å². The minimum Gasteiger partial charge on any atom is -0.376 e. The molecule has 4 rings (SSSR count). The SMILES string of the molecule is Cc1ccc(S(=O)(=O)OC[C@@H]2CCO2)cc1.Cc1ccc(S(=O)(=O)OC[C@H]2CCO2)cc1. The van der Waals surface area contributed by atoms with Crippen LogP contribution in [0.25, 0.3) is 0 Å². The highest BCUT2D eigenvalue weighted by Gasteiger charge is 2.24. The summed E-state index contributed by atoms with van der Waals surface area (Å²) in [7, 11) is -7.26. The van der Waals surface area contributed by atoms with E-state index in [1.807, 2.05) is 13.8 Å². The molecule has 0 aliphatic carbocycles. The summed E-state index contributed by atoms with van der Waals surface area (Å²) in [6.07, 6.45) is 1.59. The molecule has 0 radical (unpaired) electrons. The highest BCUT2D eigenvalue weighted by atomic mass is 32.2. The van der Waals surface area contributed by atoms with E-state index in [0.29, 0.717) is 13.2 Å². The van der Waals surface area contributed by atoms with E-state index >= 15 is 0 Å². The lowest BCUT2D eigenvalue weighted by Gasteiger charge is -2.25. The Labute approximate surface area is 189 Å². The van der Waals surface area contributed by atoms with Gasteiger partial charge < -0.3 is 9.47 Å². The van der Waals surface area contributed by atoms with Gasteiger partial charge in [0.25, 0.3) is 20.2 Å². The Bertz CT molecular complexity index is 980. The standard InChI is InChI=1S/2C11H14O4S/c2*1-9-2-4-11(5-3-9)16(12,13)15-8-10-6-7-14-10/h2*2-5,10H,6-8H2,1H3/t2*10-/m10/s1. The van der Waals surface area contributed by atoms with Crippen LogP contribution in [-0.4, -0.2) is 55.5 Å². The van der Waals surface area contributed by atoms with Gasteiger partial charge in [0.05, 0.1) is 35.2 Å². The average molecular weight is 485 g/mol. The summed E-state index contributed by atoms with van der Waals surface area (Å²) in [6.45, 7) is 5.41. The first kappa shape index (κ1) is 24.8. The molecule has 2 aromatic rings. The van der Waals surface area contributed by atoms with Crippen molar-refractivity contribution >= 4 is 20.2 Å². The quantitative estimate of drug-likeness (QED) is 0.527. The summed E-state index contributed by atoms with van der Waals surface area (Å²) >= 11 is 0. The fourth-order valence-electron chi connectivity index (χ4n) is 2.71. The van der Waals surface area contributed by atoms with Gasteiger partial charge in [-0.25, -0.2) is 0 Å². The second-order valence-corrected chi connectivity index (χ2v) is 10.9. The molecule has 0 amide bonds. The minimum absolute atomic E-state index is 0.0692. The number of aryl methyl sites for hydroxylation is 2. The smallest absolute Gasteiger partial charge is 0.297 e. The molecule has 2 aliphatic heterocycles. The van der Waals surface area contributed by atoms with Crippen LogP contribution in [-0.2, 0) is 38.1 Å². The Balaban J connectivity index is 0.000000181. The predicted octanol–water partition coefficient (Wildman–Crippen LogP) is 2.98. The van der Waals surface area contributed by atoms with Crippen molar-refractivity contribution in [3.8, 4) is 0 Å². The summed E-state index contributed by atoms with van der Waals surface area (Å²) < 4.78 is 66.8. The average Bonchev–Trinajstić information content (AvgIpc) is 2.66. The Kier molecular flexibility index (Phi) is 8.43. The van der Waals surface area contributed by atoms with E-state index in [9.17, 15) is 16.8 Å². The van der Waals surface area contributed by atoms with Crippen LogP contribution in [0.15, 0.2) is 58.3 Å². The molecule has 2 fully saturated rings. The van der Waals surface area contributed by atoms with Gasteiger partial charge in [0.2, 0.25) is 0 Å². The third kappa shape index (κ3) is 7.09. The molecule has 0 N–H and O–H groups in total. The summed E-state index contributed by atoms with van der Waals surface area (Å²) in [5.41, 5.74) is 2.03. The highest BCUT2D eigenvalue weighted by molar-refractivity contribution is 7.87. The minimum atomic E-state index is -3.63. The van der Waals surface area contributed by atoms with Crippen LogP contribution in [0.5, 0.6) is 0 Å². The van der Waals surface area contributed by atoms with Crippen molar-refractivity contribution in [3.05, 3.63) is 59.7 Å². The van der Waals surface area contributed by atoms with Crippen LogP contribution in [0.2, 0.25) is 0 Å². The van der Waals surface area contributed by atoms with Crippen LogP contribution in [0.1, 0.15) is 24.0 Å². The Morgan fingerprint density at radius 2 is 1.00 bits per heavy atom. The zero-order chi connectivity index (χ0) is 23.2. The molecule has 2 atom stereocenters. The van der Waals surface area contributed by atoms with E-state index in [2.05, 4.69) is 0 Å². The fourth-order valence-corrected chi connectivity index (χ4v) is 4.58. The molecular formula is C22H28O8S2.